The monoisotopic (exact) mass is 243 g/mol. The predicted molar refractivity (Wildman–Crippen MR) is 72.8 cm³/mol. The number of nitrogens with zero attached hydrogens (tertiary/aromatic N) is 1. The van der Waals surface area contributed by atoms with E-state index in [4.69, 9.17) is 0 Å². The van der Waals surface area contributed by atoms with Gasteiger partial charge in [-0.3, -0.25) is 4.79 Å². The summed E-state index contributed by atoms with van der Waals surface area (Å²) in [7, 11) is 2.22. The highest BCUT2D eigenvalue weighted by Gasteiger charge is 2.29. The van der Waals surface area contributed by atoms with Crippen molar-refractivity contribution in [2.45, 2.75) is 44.1 Å². The highest BCUT2D eigenvalue weighted by atomic mass is 16.1. The van der Waals surface area contributed by atoms with Crippen LogP contribution >= 0.6 is 0 Å². The van der Waals surface area contributed by atoms with E-state index in [2.05, 4.69) is 36.2 Å². The van der Waals surface area contributed by atoms with Crippen LogP contribution < -0.4 is 0 Å². The molecule has 2 heteroatoms. The highest BCUT2D eigenvalue weighted by Crippen LogP contribution is 2.36. The van der Waals surface area contributed by atoms with Crippen molar-refractivity contribution < 1.29 is 4.79 Å². The summed E-state index contributed by atoms with van der Waals surface area (Å²) < 4.78 is 0. The molecule has 0 radical (unpaired) electrons. The zero-order valence-electron chi connectivity index (χ0n) is 11.1. The molecule has 0 aliphatic heterocycles. The second-order valence-electron chi connectivity index (χ2n) is 5.81. The van der Waals surface area contributed by atoms with Crippen LogP contribution in [-0.2, 0) is 11.2 Å². The Morgan fingerprint density at radius 2 is 1.94 bits per heavy atom. The molecule has 0 N–H and O–H groups in total. The lowest BCUT2D eigenvalue weighted by molar-refractivity contribution is -0.121. The number of hydrogen-bond acceptors (Lipinski definition) is 2. The Balaban J connectivity index is 1.57. The first kappa shape index (κ1) is 11.9. The molecule has 1 aromatic carbocycles. The number of carbonyl (C=O) groups excluding carboxylic acids is 1. The van der Waals surface area contributed by atoms with Gasteiger partial charge < -0.3 is 4.90 Å². The minimum absolute atomic E-state index is 0.452. The first-order valence-corrected chi connectivity index (χ1v) is 7.04. The van der Waals surface area contributed by atoms with E-state index >= 15 is 0 Å². The van der Waals surface area contributed by atoms with Crippen molar-refractivity contribution in [3.63, 3.8) is 0 Å². The number of likely N-dealkylation sites (N-methyl/N-ethyl adjacent to an activating group) is 1. The standard InChI is InChI=1S/C16H21NO/c1-17(14-6-8-15(18)9-7-14)11-13-10-12-4-2-3-5-16(12)13/h2-5,13-14H,6-11H2,1H3. The Hall–Kier alpha value is -1.15. The summed E-state index contributed by atoms with van der Waals surface area (Å²) >= 11 is 0. The van der Waals surface area contributed by atoms with Crippen molar-refractivity contribution in [2.75, 3.05) is 13.6 Å². The number of ketones is 1. The Labute approximate surface area is 109 Å². The summed E-state index contributed by atoms with van der Waals surface area (Å²) in [5, 5.41) is 0. The van der Waals surface area contributed by atoms with Crippen LogP contribution in [0, 0.1) is 0 Å². The van der Waals surface area contributed by atoms with Crippen molar-refractivity contribution in [3.05, 3.63) is 35.4 Å². The normalized spacial score (nSPS) is 23.9. The Kier molecular flexibility index (Phi) is 3.21. The zero-order chi connectivity index (χ0) is 12.5. The third-order valence-corrected chi connectivity index (χ3v) is 4.61. The Morgan fingerprint density at radius 3 is 2.67 bits per heavy atom. The van der Waals surface area contributed by atoms with Crippen LogP contribution in [0.1, 0.15) is 42.7 Å². The van der Waals surface area contributed by atoms with Crippen LogP contribution in [0.25, 0.3) is 0 Å². The lowest BCUT2D eigenvalue weighted by atomic mass is 9.77. The van der Waals surface area contributed by atoms with Gasteiger partial charge in [-0.05, 0) is 37.4 Å². The molecule has 18 heavy (non-hydrogen) atoms. The molecule has 1 aromatic rings. The van der Waals surface area contributed by atoms with Gasteiger partial charge >= 0.3 is 0 Å². The molecule has 0 amide bonds. The van der Waals surface area contributed by atoms with Crippen LogP contribution in [0.3, 0.4) is 0 Å². The fraction of sp³-hybridized carbons (Fsp3) is 0.562. The molecule has 1 fully saturated rings. The largest absolute Gasteiger partial charge is 0.303 e. The van der Waals surface area contributed by atoms with Gasteiger partial charge in [-0.25, -0.2) is 0 Å². The van der Waals surface area contributed by atoms with E-state index in [1.165, 1.54) is 17.5 Å². The van der Waals surface area contributed by atoms with Crippen LogP contribution in [0.5, 0.6) is 0 Å². The van der Waals surface area contributed by atoms with Crippen LogP contribution in [0.4, 0.5) is 0 Å². The van der Waals surface area contributed by atoms with Crippen molar-refractivity contribution in [2.24, 2.45) is 0 Å². The molecule has 2 aliphatic carbocycles. The maximum atomic E-state index is 11.3. The van der Waals surface area contributed by atoms with E-state index < -0.39 is 0 Å². The number of benzene rings is 1. The molecule has 0 heterocycles. The summed E-state index contributed by atoms with van der Waals surface area (Å²) in [6, 6.07) is 9.40. The number of fused-ring (bicyclic) bond motifs is 1. The van der Waals surface area contributed by atoms with Gasteiger partial charge in [0, 0.05) is 31.3 Å². The van der Waals surface area contributed by atoms with Crippen molar-refractivity contribution in [3.8, 4) is 0 Å². The topological polar surface area (TPSA) is 20.3 Å². The second kappa shape index (κ2) is 4.85. The average molecular weight is 243 g/mol. The summed E-state index contributed by atoms with van der Waals surface area (Å²) in [6.45, 7) is 1.15. The van der Waals surface area contributed by atoms with E-state index in [-0.39, 0.29) is 0 Å². The van der Waals surface area contributed by atoms with Gasteiger partial charge in [0.05, 0.1) is 0 Å². The Bertz CT molecular complexity index is 444. The minimum atomic E-state index is 0.452. The first-order chi connectivity index (χ1) is 8.74. The van der Waals surface area contributed by atoms with Crippen molar-refractivity contribution >= 4 is 5.78 Å². The number of hydrogen-bond donors (Lipinski definition) is 0. The lowest BCUT2D eigenvalue weighted by Crippen LogP contribution is -2.39. The van der Waals surface area contributed by atoms with E-state index in [1.807, 2.05) is 0 Å². The smallest absolute Gasteiger partial charge is 0.133 e. The number of carbonyl (C=O) groups is 1. The van der Waals surface area contributed by atoms with Gasteiger partial charge in [0.2, 0.25) is 0 Å². The summed E-state index contributed by atoms with van der Waals surface area (Å²) in [5.74, 6) is 1.16. The van der Waals surface area contributed by atoms with Crippen LogP contribution in [0.15, 0.2) is 24.3 Å². The first-order valence-electron chi connectivity index (χ1n) is 7.04. The molecular weight excluding hydrogens is 222 g/mol. The highest BCUT2D eigenvalue weighted by molar-refractivity contribution is 5.79. The van der Waals surface area contributed by atoms with Gasteiger partial charge in [0.1, 0.15) is 5.78 Å². The SMILES string of the molecule is CN(CC1Cc2ccccc21)C1CCC(=O)CC1. The molecule has 3 rings (SSSR count). The van der Waals surface area contributed by atoms with E-state index in [0.29, 0.717) is 17.7 Å². The molecule has 0 saturated heterocycles. The fourth-order valence-electron chi connectivity index (χ4n) is 3.39. The molecule has 0 aromatic heterocycles. The lowest BCUT2D eigenvalue weighted by Gasteiger charge is -2.37. The molecular formula is C16H21NO. The molecule has 2 aliphatic rings. The second-order valence-corrected chi connectivity index (χ2v) is 5.81. The number of Topliss-reactive ketones (excluding diaryl/α,β-unsaturated/α-hetero) is 1. The zero-order valence-corrected chi connectivity index (χ0v) is 11.1. The molecule has 1 saturated carbocycles. The van der Waals surface area contributed by atoms with E-state index in [1.54, 1.807) is 0 Å². The van der Waals surface area contributed by atoms with E-state index in [9.17, 15) is 4.79 Å². The van der Waals surface area contributed by atoms with Crippen molar-refractivity contribution in [1.82, 2.24) is 4.90 Å². The molecule has 0 bridgehead atoms. The molecule has 96 valence electrons. The van der Waals surface area contributed by atoms with E-state index in [0.717, 1.165) is 32.2 Å². The molecule has 2 nitrogen and oxygen atoms in total. The van der Waals surface area contributed by atoms with Crippen LogP contribution in [-0.4, -0.2) is 30.3 Å². The quantitative estimate of drug-likeness (QED) is 0.813. The average Bonchev–Trinajstić information content (AvgIpc) is 2.36. The van der Waals surface area contributed by atoms with Gasteiger partial charge in [-0.2, -0.15) is 0 Å². The summed E-state index contributed by atoms with van der Waals surface area (Å²) in [6.07, 6.45) is 4.92. The predicted octanol–water partition coefficient (Wildman–Crippen LogP) is 2.77. The number of rotatable bonds is 3. The summed E-state index contributed by atoms with van der Waals surface area (Å²) in [4.78, 5) is 13.7. The molecule has 1 unspecified atom stereocenters. The fourth-order valence-corrected chi connectivity index (χ4v) is 3.39. The Morgan fingerprint density at radius 1 is 1.22 bits per heavy atom. The molecule has 0 spiro atoms. The summed E-state index contributed by atoms with van der Waals surface area (Å²) in [5.41, 5.74) is 3.06. The van der Waals surface area contributed by atoms with Gasteiger partial charge in [0.15, 0.2) is 0 Å². The van der Waals surface area contributed by atoms with Crippen molar-refractivity contribution in [1.29, 1.82) is 0 Å². The van der Waals surface area contributed by atoms with Gasteiger partial charge in [-0.15, -0.1) is 0 Å². The van der Waals surface area contributed by atoms with Gasteiger partial charge in [-0.1, -0.05) is 24.3 Å². The maximum absolute atomic E-state index is 11.3. The maximum Gasteiger partial charge on any atom is 0.133 e. The third kappa shape index (κ3) is 2.22. The minimum Gasteiger partial charge on any atom is -0.303 e. The van der Waals surface area contributed by atoms with Crippen LogP contribution in [0.2, 0.25) is 0 Å². The molecule has 1 atom stereocenters. The third-order valence-electron chi connectivity index (χ3n) is 4.61. The van der Waals surface area contributed by atoms with Gasteiger partial charge in [0.25, 0.3) is 0 Å².